The average molecular weight is 240 g/mol. The van der Waals surface area contributed by atoms with Gasteiger partial charge in [0.2, 0.25) is 5.82 Å². The third-order valence-corrected chi connectivity index (χ3v) is 2.08. The molecule has 0 aliphatic heterocycles. The van der Waals surface area contributed by atoms with Gasteiger partial charge in [-0.1, -0.05) is 0 Å². The number of fused-ring (bicyclic) bond motifs is 1. The number of carbonyl (C=O) groups is 1. The second-order valence-corrected chi connectivity index (χ2v) is 3.56. The number of hydrogen-bond acceptors (Lipinski definition) is 3. The fourth-order valence-electron chi connectivity index (χ4n) is 1.01. The topological polar surface area (TPSA) is 47.3 Å². The van der Waals surface area contributed by atoms with Crippen molar-refractivity contribution in [2.45, 2.75) is 6.92 Å². The predicted octanol–water partition coefficient (Wildman–Crippen LogP) is 1.69. The lowest BCUT2D eigenvalue weighted by Crippen LogP contribution is -1.95. The molecule has 0 N–H and O–H groups in total. The SMILES string of the molecule is CC(=O)c1nc2ccc(Br)cn2n1. The van der Waals surface area contributed by atoms with Gasteiger partial charge in [-0.3, -0.25) is 4.79 Å². The molecule has 0 fully saturated rings. The van der Waals surface area contributed by atoms with Crippen LogP contribution in [0.5, 0.6) is 0 Å². The monoisotopic (exact) mass is 239 g/mol. The van der Waals surface area contributed by atoms with Gasteiger partial charge in [-0.05, 0) is 28.1 Å². The van der Waals surface area contributed by atoms with E-state index in [1.54, 1.807) is 16.8 Å². The Morgan fingerprint density at radius 2 is 2.31 bits per heavy atom. The maximum Gasteiger partial charge on any atom is 0.217 e. The zero-order valence-electron chi connectivity index (χ0n) is 6.86. The largest absolute Gasteiger partial charge is 0.291 e. The molecule has 0 radical (unpaired) electrons. The van der Waals surface area contributed by atoms with Crippen LogP contribution >= 0.6 is 15.9 Å². The Kier molecular flexibility index (Phi) is 1.88. The first-order valence-electron chi connectivity index (χ1n) is 3.70. The quantitative estimate of drug-likeness (QED) is 0.712. The van der Waals surface area contributed by atoms with E-state index in [9.17, 15) is 4.79 Å². The van der Waals surface area contributed by atoms with Crippen LogP contribution in [0.25, 0.3) is 5.65 Å². The number of ketones is 1. The smallest absolute Gasteiger partial charge is 0.217 e. The van der Waals surface area contributed by atoms with Gasteiger partial charge in [-0.2, -0.15) is 0 Å². The van der Waals surface area contributed by atoms with E-state index in [0.29, 0.717) is 5.65 Å². The molecule has 0 aliphatic rings. The van der Waals surface area contributed by atoms with Gasteiger partial charge in [0.1, 0.15) is 0 Å². The molecular weight excluding hydrogens is 234 g/mol. The summed E-state index contributed by atoms with van der Waals surface area (Å²) in [4.78, 5) is 15.0. The van der Waals surface area contributed by atoms with Crippen LogP contribution in [-0.2, 0) is 0 Å². The van der Waals surface area contributed by atoms with Crippen molar-refractivity contribution in [1.82, 2.24) is 14.6 Å². The first-order chi connectivity index (χ1) is 6.16. The summed E-state index contributed by atoms with van der Waals surface area (Å²) in [5.74, 6) is 0.123. The lowest BCUT2D eigenvalue weighted by atomic mass is 10.4. The Bertz CT molecular complexity index is 477. The van der Waals surface area contributed by atoms with E-state index in [2.05, 4.69) is 26.0 Å². The van der Waals surface area contributed by atoms with Crippen LogP contribution in [0.4, 0.5) is 0 Å². The summed E-state index contributed by atoms with van der Waals surface area (Å²) in [7, 11) is 0. The molecule has 2 aromatic rings. The highest BCUT2D eigenvalue weighted by molar-refractivity contribution is 9.10. The minimum Gasteiger partial charge on any atom is -0.291 e. The van der Waals surface area contributed by atoms with Gasteiger partial charge in [0.05, 0.1) is 0 Å². The Morgan fingerprint density at radius 1 is 1.54 bits per heavy atom. The summed E-state index contributed by atoms with van der Waals surface area (Å²) in [6.45, 7) is 1.45. The van der Waals surface area contributed by atoms with Crippen LogP contribution < -0.4 is 0 Å². The molecule has 0 aliphatic carbocycles. The number of rotatable bonds is 1. The van der Waals surface area contributed by atoms with Crippen LogP contribution in [0.2, 0.25) is 0 Å². The van der Waals surface area contributed by atoms with Crippen LogP contribution in [0.15, 0.2) is 22.8 Å². The number of carbonyl (C=O) groups excluding carboxylic acids is 1. The van der Waals surface area contributed by atoms with Crippen molar-refractivity contribution in [3.8, 4) is 0 Å². The number of hydrogen-bond donors (Lipinski definition) is 0. The second kappa shape index (κ2) is 2.92. The van der Waals surface area contributed by atoms with E-state index in [4.69, 9.17) is 0 Å². The highest BCUT2D eigenvalue weighted by Crippen LogP contribution is 2.10. The Balaban J connectivity index is 2.68. The van der Waals surface area contributed by atoms with Gasteiger partial charge in [0.25, 0.3) is 0 Å². The zero-order valence-corrected chi connectivity index (χ0v) is 8.45. The number of pyridine rings is 1. The first kappa shape index (κ1) is 8.37. The van der Waals surface area contributed by atoms with Gasteiger partial charge in [-0.15, -0.1) is 5.10 Å². The average Bonchev–Trinajstić information content (AvgIpc) is 2.46. The van der Waals surface area contributed by atoms with Crippen molar-refractivity contribution >= 4 is 27.4 Å². The summed E-state index contributed by atoms with van der Waals surface area (Å²) in [5, 5.41) is 4.00. The highest BCUT2D eigenvalue weighted by atomic mass is 79.9. The van der Waals surface area contributed by atoms with Crippen LogP contribution in [0, 0.1) is 0 Å². The third-order valence-electron chi connectivity index (χ3n) is 1.61. The molecule has 66 valence electrons. The van der Waals surface area contributed by atoms with Gasteiger partial charge in [0, 0.05) is 17.6 Å². The fourth-order valence-corrected chi connectivity index (χ4v) is 1.33. The minimum atomic E-state index is -0.125. The second-order valence-electron chi connectivity index (χ2n) is 2.64. The van der Waals surface area contributed by atoms with Crippen LogP contribution in [0.1, 0.15) is 17.5 Å². The molecule has 2 rings (SSSR count). The first-order valence-corrected chi connectivity index (χ1v) is 4.49. The van der Waals surface area contributed by atoms with E-state index < -0.39 is 0 Å². The fraction of sp³-hybridized carbons (Fsp3) is 0.125. The predicted molar refractivity (Wildman–Crippen MR) is 50.7 cm³/mol. The molecule has 13 heavy (non-hydrogen) atoms. The van der Waals surface area contributed by atoms with Crippen molar-refractivity contribution in [1.29, 1.82) is 0 Å². The van der Waals surface area contributed by atoms with E-state index in [1.165, 1.54) is 6.92 Å². The molecule has 0 aromatic carbocycles. The van der Waals surface area contributed by atoms with Crippen LogP contribution in [-0.4, -0.2) is 20.4 Å². The molecular formula is C8H6BrN3O. The normalized spacial score (nSPS) is 10.6. The molecule has 2 heterocycles. The van der Waals surface area contributed by atoms with Gasteiger partial charge < -0.3 is 0 Å². The van der Waals surface area contributed by atoms with E-state index in [0.717, 1.165) is 4.47 Å². The standard InChI is InChI=1S/C8H6BrN3O/c1-5(13)8-10-7-3-2-6(9)4-12(7)11-8/h2-4H,1H3. The van der Waals surface area contributed by atoms with Crippen molar-refractivity contribution < 1.29 is 4.79 Å². The van der Waals surface area contributed by atoms with Gasteiger partial charge in [0.15, 0.2) is 11.4 Å². The summed E-state index contributed by atoms with van der Waals surface area (Å²) >= 11 is 3.31. The molecule has 5 heteroatoms. The molecule has 0 saturated heterocycles. The lowest BCUT2D eigenvalue weighted by molar-refractivity contribution is 0.100. The molecule has 0 saturated carbocycles. The van der Waals surface area contributed by atoms with Crippen molar-refractivity contribution in [2.24, 2.45) is 0 Å². The number of nitrogens with zero attached hydrogens (tertiary/aromatic N) is 3. The van der Waals surface area contributed by atoms with E-state index >= 15 is 0 Å². The van der Waals surface area contributed by atoms with E-state index in [-0.39, 0.29) is 11.6 Å². The minimum absolute atomic E-state index is 0.125. The lowest BCUT2D eigenvalue weighted by Gasteiger charge is -1.89. The number of Topliss-reactive ketones (excluding diaryl/α,β-unsaturated/α-hetero) is 1. The summed E-state index contributed by atoms with van der Waals surface area (Å²) in [5.41, 5.74) is 0.674. The molecule has 0 atom stereocenters. The zero-order chi connectivity index (χ0) is 9.42. The Morgan fingerprint density at radius 3 is 3.00 bits per heavy atom. The summed E-state index contributed by atoms with van der Waals surface area (Å²) < 4.78 is 2.47. The molecule has 0 unspecified atom stereocenters. The number of aromatic nitrogens is 3. The van der Waals surface area contributed by atoms with Gasteiger partial charge >= 0.3 is 0 Å². The molecule has 4 nitrogen and oxygen atoms in total. The van der Waals surface area contributed by atoms with Crippen molar-refractivity contribution in [3.05, 3.63) is 28.6 Å². The number of halogens is 1. The van der Waals surface area contributed by atoms with Crippen LogP contribution in [0.3, 0.4) is 0 Å². The molecule has 0 spiro atoms. The Hall–Kier alpha value is -1.23. The van der Waals surface area contributed by atoms with Crippen molar-refractivity contribution in [3.63, 3.8) is 0 Å². The Labute approximate surface area is 82.7 Å². The maximum atomic E-state index is 10.9. The van der Waals surface area contributed by atoms with E-state index in [1.807, 2.05) is 6.07 Å². The molecule has 2 aromatic heterocycles. The van der Waals surface area contributed by atoms with Gasteiger partial charge in [-0.25, -0.2) is 9.50 Å². The summed E-state index contributed by atoms with van der Waals surface area (Å²) in [6.07, 6.45) is 1.76. The molecule has 0 amide bonds. The maximum absolute atomic E-state index is 10.9. The van der Waals surface area contributed by atoms with Crippen molar-refractivity contribution in [2.75, 3.05) is 0 Å². The molecule has 0 bridgehead atoms. The summed E-state index contributed by atoms with van der Waals surface area (Å²) in [6, 6.07) is 3.65. The highest BCUT2D eigenvalue weighted by Gasteiger charge is 2.06. The third kappa shape index (κ3) is 1.47.